The highest BCUT2D eigenvalue weighted by Crippen LogP contribution is 2.30. The van der Waals surface area contributed by atoms with Gasteiger partial charge in [-0.3, -0.25) is 10.1 Å². The van der Waals surface area contributed by atoms with Crippen LogP contribution in [0.5, 0.6) is 0 Å². The van der Waals surface area contributed by atoms with Gasteiger partial charge < -0.3 is 9.67 Å². The summed E-state index contributed by atoms with van der Waals surface area (Å²) < 4.78 is 2.16. The number of carbonyl (C=O) groups is 1. The molecule has 0 saturated carbocycles. The molecule has 112 valence electrons. The minimum atomic E-state index is -0.729. The summed E-state index contributed by atoms with van der Waals surface area (Å²) in [6.07, 6.45) is 9.41. The molecule has 1 saturated heterocycles. The molecular weight excluding hydrogens is 252 g/mol. The van der Waals surface area contributed by atoms with Crippen LogP contribution in [0.15, 0.2) is 24.5 Å². The lowest BCUT2D eigenvalue weighted by Gasteiger charge is -2.23. The maximum Gasteiger partial charge on any atom is 0.320 e. The van der Waals surface area contributed by atoms with E-state index in [1.54, 1.807) is 0 Å². The van der Waals surface area contributed by atoms with Crippen molar-refractivity contribution in [3.63, 3.8) is 0 Å². The van der Waals surface area contributed by atoms with E-state index in [4.69, 9.17) is 0 Å². The highest BCUT2D eigenvalue weighted by molar-refractivity contribution is 5.74. The molecule has 1 aromatic heterocycles. The summed E-state index contributed by atoms with van der Waals surface area (Å²) in [5.74, 6) is 0.0261. The Morgan fingerprint density at radius 3 is 2.55 bits per heavy atom. The van der Waals surface area contributed by atoms with Crippen molar-refractivity contribution >= 4 is 5.97 Å². The fourth-order valence-electron chi connectivity index (χ4n) is 3.30. The van der Waals surface area contributed by atoms with Crippen LogP contribution in [-0.4, -0.2) is 27.7 Å². The summed E-state index contributed by atoms with van der Waals surface area (Å²) >= 11 is 0. The van der Waals surface area contributed by atoms with Crippen molar-refractivity contribution in [3.8, 4) is 0 Å². The molecule has 2 N–H and O–H groups in total. The van der Waals surface area contributed by atoms with Crippen molar-refractivity contribution in [2.45, 2.75) is 64.1 Å². The summed E-state index contributed by atoms with van der Waals surface area (Å²) in [4.78, 5) is 11.2. The SMILES string of the molecule is CCC(CC)CCC1N[C@@H](C(=O)O)CC1n1cccc1. The van der Waals surface area contributed by atoms with Crippen LogP contribution >= 0.6 is 0 Å². The average molecular weight is 278 g/mol. The quantitative estimate of drug-likeness (QED) is 0.806. The smallest absolute Gasteiger partial charge is 0.320 e. The van der Waals surface area contributed by atoms with E-state index in [1.807, 2.05) is 24.5 Å². The number of hydrogen-bond acceptors (Lipinski definition) is 2. The number of nitrogens with one attached hydrogen (secondary N) is 1. The van der Waals surface area contributed by atoms with Gasteiger partial charge >= 0.3 is 5.97 Å². The van der Waals surface area contributed by atoms with Crippen LogP contribution in [-0.2, 0) is 4.79 Å². The van der Waals surface area contributed by atoms with Gasteiger partial charge in [0.05, 0.1) is 6.04 Å². The number of hydrogen-bond donors (Lipinski definition) is 2. The summed E-state index contributed by atoms with van der Waals surface area (Å²) in [7, 11) is 0. The molecule has 0 spiro atoms. The van der Waals surface area contributed by atoms with E-state index >= 15 is 0 Å². The van der Waals surface area contributed by atoms with Crippen molar-refractivity contribution in [2.24, 2.45) is 5.92 Å². The maximum absolute atomic E-state index is 11.2. The molecule has 20 heavy (non-hydrogen) atoms. The van der Waals surface area contributed by atoms with Gasteiger partial charge in [0.1, 0.15) is 6.04 Å². The summed E-state index contributed by atoms with van der Waals surface area (Å²) in [5, 5.41) is 12.6. The van der Waals surface area contributed by atoms with Crippen molar-refractivity contribution in [1.29, 1.82) is 0 Å². The lowest BCUT2D eigenvalue weighted by Crippen LogP contribution is -2.36. The molecule has 0 bridgehead atoms. The van der Waals surface area contributed by atoms with Crippen molar-refractivity contribution < 1.29 is 9.90 Å². The molecule has 3 atom stereocenters. The van der Waals surface area contributed by atoms with Crippen LogP contribution in [0, 0.1) is 5.92 Å². The van der Waals surface area contributed by atoms with Crippen LogP contribution in [0.4, 0.5) is 0 Å². The van der Waals surface area contributed by atoms with Gasteiger partial charge in [0, 0.05) is 18.4 Å². The predicted molar refractivity (Wildman–Crippen MR) is 79.7 cm³/mol. The van der Waals surface area contributed by atoms with E-state index in [0.29, 0.717) is 6.42 Å². The van der Waals surface area contributed by atoms with Gasteiger partial charge in [0.15, 0.2) is 0 Å². The third kappa shape index (κ3) is 3.42. The van der Waals surface area contributed by atoms with Crippen LogP contribution in [0.3, 0.4) is 0 Å². The van der Waals surface area contributed by atoms with Crippen molar-refractivity contribution in [3.05, 3.63) is 24.5 Å². The van der Waals surface area contributed by atoms with Crippen LogP contribution in [0.1, 0.15) is 52.0 Å². The van der Waals surface area contributed by atoms with E-state index in [2.05, 4.69) is 23.7 Å². The van der Waals surface area contributed by atoms with Crippen LogP contribution in [0.2, 0.25) is 0 Å². The zero-order valence-electron chi connectivity index (χ0n) is 12.5. The average Bonchev–Trinajstić information content (AvgIpc) is 3.08. The normalized spacial score (nSPS) is 26.2. The first-order chi connectivity index (χ1) is 9.65. The second-order valence-corrected chi connectivity index (χ2v) is 5.86. The van der Waals surface area contributed by atoms with Crippen LogP contribution < -0.4 is 5.32 Å². The lowest BCUT2D eigenvalue weighted by atomic mass is 9.93. The Hall–Kier alpha value is -1.29. The Morgan fingerprint density at radius 2 is 2.00 bits per heavy atom. The van der Waals surface area contributed by atoms with Crippen LogP contribution in [0.25, 0.3) is 0 Å². The molecule has 1 aliphatic rings. The zero-order valence-corrected chi connectivity index (χ0v) is 12.5. The highest BCUT2D eigenvalue weighted by Gasteiger charge is 2.37. The topological polar surface area (TPSA) is 54.3 Å². The molecule has 2 heterocycles. The molecule has 0 aromatic carbocycles. The number of carboxylic acids is 1. The van der Waals surface area contributed by atoms with Gasteiger partial charge in [-0.25, -0.2) is 0 Å². The molecule has 0 radical (unpaired) electrons. The molecule has 2 rings (SSSR count). The lowest BCUT2D eigenvalue weighted by molar-refractivity contribution is -0.139. The summed E-state index contributed by atoms with van der Waals surface area (Å²) in [6.45, 7) is 4.47. The molecule has 0 aliphatic carbocycles. The van der Waals surface area contributed by atoms with Gasteiger partial charge in [0.25, 0.3) is 0 Å². The second kappa shape index (κ2) is 6.93. The van der Waals surface area contributed by atoms with E-state index in [-0.39, 0.29) is 12.1 Å². The first kappa shape index (κ1) is 15.1. The summed E-state index contributed by atoms with van der Waals surface area (Å²) in [6, 6.07) is 4.14. The molecule has 2 unspecified atom stereocenters. The van der Waals surface area contributed by atoms with Crippen molar-refractivity contribution in [2.75, 3.05) is 0 Å². The monoisotopic (exact) mass is 278 g/mol. The molecule has 1 aromatic rings. The van der Waals surface area contributed by atoms with Gasteiger partial charge in [0.2, 0.25) is 0 Å². The Bertz CT molecular complexity index is 412. The standard InChI is InChI=1S/C16H26N2O2/c1-3-12(4-2)7-8-13-15(18-9-5-6-10-18)11-14(17-13)16(19)20/h5-6,9-10,12-15,17H,3-4,7-8,11H2,1-2H3,(H,19,20)/t13?,14-,15?/m1/s1. The van der Waals surface area contributed by atoms with E-state index < -0.39 is 12.0 Å². The third-order valence-corrected chi connectivity index (χ3v) is 4.71. The number of aromatic nitrogens is 1. The predicted octanol–water partition coefficient (Wildman–Crippen LogP) is 3.06. The summed E-state index contributed by atoms with van der Waals surface area (Å²) in [5.41, 5.74) is 0. The van der Waals surface area contributed by atoms with Gasteiger partial charge in [-0.05, 0) is 37.3 Å². The first-order valence-electron chi connectivity index (χ1n) is 7.77. The molecule has 1 fully saturated rings. The second-order valence-electron chi connectivity index (χ2n) is 5.86. The molecule has 1 aliphatic heterocycles. The maximum atomic E-state index is 11.2. The van der Waals surface area contributed by atoms with E-state index in [9.17, 15) is 9.90 Å². The van der Waals surface area contributed by atoms with Gasteiger partial charge in [-0.1, -0.05) is 26.7 Å². The van der Waals surface area contributed by atoms with Crippen molar-refractivity contribution in [1.82, 2.24) is 9.88 Å². The molecule has 4 heteroatoms. The van der Waals surface area contributed by atoms with E-state index in [0.717, 1.165) is 12.3 Å². The number of rotatable bonds is 7. The minimum Gasteiger partial charge on any atom is -0.480 e. The highest BCUT2D eigenvalue weighted by atomic mass is 16.4. The van der Waals surface area contributed by atoms with E-state index in [1.165, 1.54) is 19.3 Å². The molecular formula is C16H26N2O2. The zero-order chi connectivity index (χ0) is 14.5. The molecule has 4 nitrogen and oxygen atoms in total. The fraction of sp³-hybridized carbons (Fsp3) is 0.688. The van der Waals surface area contributed by atoms with Gasteiger partial charge in [-0.15, -0.1) is 0 Å². The largest absolute Gasteiger partial charge is 0.480 e. The Morgan fingerprint density at radius 1 is 1.35 bits per heavy atom. The third-order valence-electron chi connectivity index (χ3n) is 4.71. The molecule has 0 amide bonds. The Labute approximate surface area is 121 Å². The Balaban J connectivity index is 2.01. The fourth-order valence-corrected chi connectivity index (χ4v) is 3.30. The number of aliphatic carboxylic acids is 1. The number of nitrogens with zero attached hydrogens (tertiary/aromatic N) is 1. The minimum absolute atomic E-state index is 0.264. The number of carboxylic acid groups (broad SMARTS) is 1. The van der Waals surface area contributed by atoms with Gasteiger partial charge in [-0.2, -0.15) is 0 Å². The Kier molecular flexibility index (Phi) is 5.24. The first-order valence-corrected chi connectivity index (χ1v) is 7.77.